The van der Waals surface area contributed by atoms with Crippen molar-refractivity contribution in [1.29, 1.82) is 0 Å². The van der Waals surface area contributed by atoms with Crippen LogP contribution in [0, 0.1) is 0 Å². The molecule has 0 aromatic rings. The van der Waals surface area contributed by atoms with Crippen LogP contribution < -0.4 is 0 Å². The summed E-state index contributed by atoms with van der Waals surface area (Å²) in [4.78, 5) is 0. The second kappa shape index (κ2) is 11.3. The van der Waals surface area contributed by atoms with Gasteiger partial charge in [-0.15, -0.1) is 0 Å². The van der Waals surface area contributed by atoms with Crippen molar-refractivity contribution in [2.75, 3.05) is 24.6 Å². The molecule has 190 valence electrons. The van der Waals surface area contributed by atoms with E-state index in [0.717, 1.165) is 0 Å². The van der Waals surface area contributed by atoms with Crippen molar-refractivity contribution in [2.24, 2.45) is 0 Å². The fraction of sp³-hybridized carbons (Fsp3) is 1.00. The summed E-state index contributed by atoms with van der Waals surface area (Å²) in [5, 5.41) is -5.78. The molecular weight excluding hydrogens is 469 g/mol. The number of hydrogen-bond acceptors (Lipinski definition) is 3. The van der Waals surface area contributed by atoms with Gasteiger partial charge in [-0.1, -0.05) is 0 Å². The zero-order valence-electron chi connectivity index (χ0n) is 18.8. The van der Waals surface area contributed by atoms with Crippen LogP contribution in [0.3, 0.4) is 0 Å². The van der Waals surface area contributed by atoms with Gasteiger partial charge in [0.15, 0.2) is 0 Å². The maximum absolute atomic E-state index is 16.7. The average Bonchev–Trinajstić information content (AvgIpc) is 2.64. The normalized spacial score (nSPS) is 17.2. The van der Waals surface area contributed by atoms with Gasteiger partial charge in [0.1, 0.15) is 0 Å². The molecule has 0 aliphatic heterocycles. The Morgan fingerprint density at radius 3 is 1.19 bits per heavy atom. The number of halogens is 6. The molecule has 0 aliphatic rings. The van der Waals surface area contributed by atoms with Crippen LogP contribution in [0.1, 0.15) is 79.1 Å². The first kappa shape index (κ1) is 30.9. The molecule has 31 heavy (non-hydrogen) atoms. The van der Waals surface area contributed by atoms with Crippen LogP contribution >= 0.6 is 6.60 Å². The fourth-order valence-electron chi connectivity index (χ4n) is 4.41. The zero-order chi connectivity index (χ0) is 24.6. The van der Waals surface area contributed by atoms with Gasteiger partial charge < -0.3 is 0 Å². The maximum atomic E-state index is 16.7. The Hall–Kier alpha value is -0.120. The summed E-state index contributed by atoms with van der Waals surface area (Å²) in [7, 11) is -6.55. The van der Waals surface area contributed by atoms with E-state index in [4.69, 9.17) is 0 Å². The van der Waals surface area contributed by atoms with Gasteiger partial charge >= 0.3 is 182 Å². The molecule has 12 heteroatoms. The third-order valence-electron chi connectivity index (χ3n) is 6.14. The van der Waals surface area contributed by atoms with E-state index >= 15 is 13.2 Å². The van der Waals surface area contributed by atoms with E-state index in [1.807, 2.05) is 0 Å². The first-order valence-electron chi connectivity index (χ1n) is 10.8. The summed E-state index contributed by atoms with van der Waals surface area (Å²) >= 11 is 0. The number of alkyl halides is 6. The van der Waals surface area contributed by atoms with E-state index in [9.17, 15) is 26.1 Å². The molecule has 0 aliphatic carbocycles. The molecule has 1 unspecified atom stereocenters. The molecule has 0 radical (unpaired) electrons. The fourth-order valence-corrected chi connectivity index (χ4v) is 14.1. The SMILES string of the molecule is CCCCP(CCCC)(CCCC)(CCCC)C(F)(OC(F)(F)F)C(F)(F)S(=O)(=O)O. The third-order valence-corrected chi connectivity index (χ3v) is 15.2. The monoisotopic (exact) mass is 506 g/mol. The molecule has 0 aromatic carbocycles. The topological polar surface area (TPSA) is 63.6 Å². The Kier molecular flexibility index (Phi) is 11.3. The van der Waals surface area contributed by atoms with E-state index in [2.05, 4.69) is 4.74 Å². The Bertz CT molecular complexity index is 613. The summed E-state index contributed by atoms with van der Waals surface area (Å²) < 4.78 is 123. The molecule has 0 fully saturated rings. The molecule has 1 N–H and O–H groups in total. The second-order valence-electron chi connectivity index (χ2n) is 8.38. The van der Waals surface area contributed by atoms with Crippen molar-refractivity contribution < 1.29 is 44.0 Å². The molecule has 1 atom stereocenters. The molecule has 4 nitrogen and oxygen atoms in total. The van der Waals surface area contributed by atoms with Crippen LogP contribution in [-0.4, -0.2) is 54.8 Å². The molecular formula is C19H37F6O4PS. The van der Waals surface area contributed by atoms with Crippen molar-refractivity contribution >= 4 is 16.7 Å². The van der Waals surface area contributed by atoms with Gasteiger partial charge in [0, 0.05) is 0 Å². The molecule has 0 spiro atoms. The summed E-state index contributed by atoms with van der Waals surface area (Å²) in [6.07, 6.45) is -4.96. The Labute approximate surface area is 182 Å². The van der Waals surface area contributed by atoms with E-state index in [-0.39, 0.29) is 50.3 Å². The van der Waals surface area contributed by atoms with Crippen molar-refractivity contribution in [3.63, 3.8) is 0 Å². The van der Waals surface area contributed by atoms with Crippen molar-refractivity contribution in [1.82, 2.24) is 0 Å². The van der Waals surface area contributed by atoms with Crippen molar-refractivity contribution in [3.8, 4) is 0 Å². The first-order chi connectivity index (χ1) is 14.0. The van der Waals surface area contributed by atoms with Gasteiger partial charge in [-0.05, 0) is 0 Å². The quantitative estimate of drug-likeness (QED) is 0.135. The van der Waals surface area contributed by atoms with E-state index in [1.54, 1.807) is 27.7 Å². The molecule has 0 rings (SSSR count). The third kappa shape index (κ3) is 6.48. The van der Waals surface area contributed by atoms with Crippen LogP contribution in [0.15, 0.2) is 0 Å². The van der Waals surface area contributed by atoms with Crippen molar-refractivity contribution in [2.45, 2.75) is 96.3 Å². The molecule has 0 bridgehead atoms. The van der Waals surface area contributed by atoms with Crippen LogP contribution in [0.2, 0.25) is 0 Å². The zero-order valence-corrected chi connectivity index (χ0v) is 20.5. The molecule has 0 saturated heterocycles. The molecule has 0 amide bonds. The van der Waals surface area contributed by atoms with E-state index < -0.39 is 33.9 Å². The second-order valence-corrected chi connectivity index (χ2v) is 16.2. The Morgan fingerprint density at radius 1 is 0.710 bits per heavy atom. The summed E-state index contributed by atoms with van der Waals surface area (Å²) in [6.45, 7) is 1.81. The van der Waals surface area contributed by atoms with Gasteiger partial charge in [0.05, 0.1) is 0 Å². The van der Waals surface area contributed by atoms with Crippen LogP contribution in [-0.2, 0) is 14.9 Å². The van der Waals surface area contributed by atoms with Crippen LogP contribution in [0.4, 0.5) is 26.3 Å². The van der Waals surface area contributed by atoms with Crippen molar-refractivity contribution in [3.05, 3.63) is 0 Å². The van der Waals surface area contributed by atoms with Gasteiger partial charge in [-0.25, -0.2) is 0 Å². The summed E-state index contributed by atoms with van der Waals surface area (Å²) in [6, 6.07) is 0. The average molecular weight is 507 g/mol. The summed E-state index contributed by atoms with van der Waals surface area (Å²) in [5.41, 5.74) is -4.89. The van der Waals surface area contributed by atoms with Gasteiger partial charge in [-0.2, -0.15) is 0 Å². The Morgan fingerprint density at radius 2 is 1.00 bits per heavy atom. The number of ether oxygens (including phenoxy) is 1. The molecule has 0 heterocycles. The van der Waals surface area contributed by atoms with E-state index in [0.29, 0.717) is 25.7 Å². The van der Waals surface area contributed by atoms with Gasteiger partial charge in [0.2, 0.25) is 0 Å². The number of rotatable bonds is 16. The predicted molar refractivity (Wildman–Crippen MR) is 113 cm³/mol. The summed E-state index contributed by atoms with van der Waals surface area (Å²) in [5.74, 6) is 0. The number of unbranched alkanes of at least 4 members (excludes halogenated alkanes) is 4. The predicted octanol–water partition coefficient (Wildman–Crippen LogP) is 7.38. The molecule has 0 aromatic heterocycles. The standard InChI is InChI=1S/C19H37F6O4PS/c1-5-9-13-30(14-10-6-2,15-11-7-3,16-12-8-4)18(22,29-19(23,24)25)17(20,21)31(26,27)28/h5-16H2,1-4H3,(H,26,27,28). The van der Waals surface area contributed by atoms with Crippen LogP contribution in [0.5, 0.6) is 0 Å². The van der Waals surface area contributed by atoms with E-state index in [1.165, 1.54) is 0 Å². The molecule has 0 saturated carbocycles. The minimum atomic E-state index is -6.55. The Balaban J connectivity index is 7.51. The van der Waals surface area contributed by atoms with Gasteiger partial charge in [0.25, 0.3) is 0 Å². The first-order valence-corrected chi connectivity index (χ1v) is 15.2. The van der Waals surface area contributed by atoms with Gasteiger partial charge in [-0.3, -0.25) is 0 Å². The van der Waals surface area contributed by atoms with Crippen LogP contribution in [0.25, 0.3) is 0 Å². The minimum absolute atomic E-state index is 0.142. The number of hydrogen-bond donors (Lipinski definition) is 1.